The number of esters is 1. The van der Waals surface area contributed by atoms with E-state index in [-0.39, 0.29) is 24.2 Å². The van der Waals surface area contributed by atoms with E-state index in [1.54, 1.807) is 18.3 Å². The number of fused-ring (bicyclic) bond motifs is 1. The number of aromatic nitrogens is 1. The molecule has 1 atom stereocenters. The van der Waals surface area contributed by atoms with Crippen LogP contribution in [0.25, 0.3) is 0 Å². The first-order chi connectivity index (χ1) is 12.4. The number of nitrogens with zero attached hydrogens (tertiary/aromatic N) is 2. The Kier molecular flexibility index (Phi) is 4.16. The Balaban J connectivity index is 1.52. The summed E-state index contributed by atoms with van der Waals surface area (Å²) >= 11 is 0. The van der Waals surface area contributed by atoms with Crippen LogP contribution < -0.4 is 4.74 Å². The molecular formula is C18H18N2O5S. The van der Waals surface area contributed by atoms with Crippen LogP contribution in [-0.2, 0) is 21.4 Å². The van der Waals surface area contributed by atoms with Gasteiger partial charge >= 0.3 is 5.97 Å². The van der Waals surface area contributed by atoms with Crippen LogP contribution >= 0.6 is 0 Å². The molecule has 0 amide bonds. The SMILES string of the molecule is Cc1ncccc1O[C@@H]1CCN(S(=O)(=O)c2ccc3c(c2)C(=O)OC3)C1. The first-order valence-corrected chi connectivity index (χ1v) is 9.77. The van der Waals surface area contributed by atoms with Crippen molar-refractivity contribution in [1.29, 1.82) is 0 Å². The fraction of sp³-hybridized carbons (Fsp3) is 0.333. The summed E-state index contributed by atoms with van der Waals surface area (Å²) < 4.78 is 38.1. The zero-order valence-corrected chi connectivity index (χ0v) is 15.0. The van der Waals surface area contributed by atoms with E-state index in [1.807, 2.05) is 13.0 Å². The molecule has 2 aromatic rings. The van der Waals surface area contributed by atoms with Gasteiger partial charge in [0.1, 0.15) is 18.5 Å². The standard InChI is InChI=1S/C18H18N2O5S/c1-12-17(3-2-7-19-12)25-14-6-8-20(10-14)26(22,23)15-5-4-13-11-24-18(21)16(13)9-15/h2-5,7,9,14H,6,8,10-11H2,1H3/t14-/m1/s1. The van der Waals surface area contributed by atoms with Gasteiger partial charge in [-0.15, -0.1) is 0 Å². The third-order valence-corrected chi connectivity index (χ3v) is 6.52. The molecule has 26 heavy (non-hydrogen) atoms. The number of ether oxygens (including phenoxy) is 2. The van der Waals surface area contributed by atoms with Crippen molar-refractivity contribution < 1.29 is 22.7 Å². The monoisotopic (exact) mass is 374 g/mol. The second-order valence-corrected chi connectivity index (χ2v) is 8.31. The summed E-state index contributed by atoms with van der Waals surface area (Å²) in [5.74, 6) is 0.184. The fourth-order valence-corrected chi connectivity index (χ4v) is 4.70. The highest BCUT2D eigenvalue weighted by atomic mass is 32.2. The number of hydrogen-bond acceptors (Lipinski definition) is 6. The van der Waals surface area contributed by atoms with Crippen molar-refractivity contribution >= 4 is 16.0 Å². The van der Waals surface area contributed by atoms with Crippen LogP contribution in [0.15, 0.2) is 41.4 Å². The van der Waals surface area contributed by atoms with E-state index in [0.717, 1.165) is 5.69 Å². The second-order valence-electron chi connectivity index (χ2n) is 6.37. The maximum atomic E-state index is 12.9. The molecule has 1 aromatic heterocycles. The van der Waals surface area contributed by atoms with E-state index in [2.05, 4.69) is 4.98 Å². The topological polar surface area (TPSA) is 85.8 Å². The highest BCUT2D eigenvalue weighted by Gasteiger charge is 2.35. The average molecular weight is 374 g/mol. The Morgan fingerprint density at radius 2 is 2.15 bits per heavy atom. The minimum absolute atomic E-state index is 0.105. The van der Waals surface area contributed by atoms with Gasteiger partial charge in [0.05, 0.1) is 22.7 Å². The van der Waals surface area contributed by atoms with Crippen LogP contribution in [0, 0.1) is 6.92 Å². The van der Waals surface area contributed by atoms with Crippen LogP contribution in [0.4, 0.5) is 0 Å². The van der Waals surface area contributed by atoms with Gasteiger partial charge in [0, 0.05) is 18.3 Å². The van der Waals surface area contributed by atoms with Crippen molar-refractivity contribution in [2.24, 2.45) is 0 Å². The number of aryl methyl sites for hydroxylation is 1. The predicted molar refractivity (Wildman–Crippen MR) is 92.3 cm³/mol. The summed E-state index contributed by atoms with van der Waals surface area (Å²) in [5.41, 5.74) is 1.80. The van der Waals surface area contributed by atoms with Crippen molar-refractivity contribution in [2.45, 2.75) is 31.0 Å². The molecule has 0 bridgehead atoms. The Hall–Kier alpha value is -2.45. The fourth-order valence-electron chi connectivity index (χ4n) is 3.19. The van der Waals surface area contributed by atoms with Crippen LogP contribution in [0.2, 0.25) is 0 Å². The molecule has 1 fully saturated rings. The van der Waals surface area contributed by atoms with Gasteiger partial charge in [-0.2, -0.15) is 4.31 Å². The van der Waals surface area contributed by atoms with Gasteiger partial charge in [-0.25, -0.2) is 13.2 Å². The van der Waals surface area contributed by atoms with E-state index >= 15 is 0 Å². The van der Waals surface area contributed by atoms with Crippen LogP contribution in [-0.4, -0.2) is 42.9 Å². The smallest absolute Gasteiger partial charge is 0.338 e. The van der Waals surface area contributed by atoms with Crippen molar-refractivity contribution in [2.75, 3.05) is 13.1 Å². The Bertz CT molecular complexity index is 973. The van der Waals surface area contributed by atoms with Gasteiger partial charge in [-0.1, -0.05) is 6.07 Å². The Morgan fingerprint density at radius 1 is 1.31 bits per heavy atom. The van der Waals surface area contributed by atoms with Gasteiger partial charge in [0.15, 0.2) is 0 Å². The summed E-state index contributed by atoms with van der Waals surface area (Å²) in [4.78, 5) is 16.0. The lowest BCUT2D eigenvalue weighted by atomic mass is 10.1. The molecular weight excluding hydrogens is 356 g/mol. The number of cyclic esters (lactones) is 1. The van der Waals surface area contributed by atoms with E-state index in [9.17, 15) is 13.2 Å². The molecule has 0 radical (unpaired) electrons. The predicted octanol–water partition coefficient (Wildman–Crippen LogP) is 1.90. The number of benzene rings is 1. The van der Waals surface area contributed by atoms with Gasteiger partial charge < -0.3 is 9.47 Å². The lowest BCUT2D eigenvalue weighted by Gasteiger charge is -2.18. The van der Waals surface area contributed by atoms with Gasteiger partial charge in [-0.3, -0.25) is 4.98 Å². The first kappa shape index (κ1) is 17.0. The quantitative estimate of drug-likeness (QED) is 0.760. The zero-order valence-electron chi connectivity index (χ0n) is 14.2. The third-order valence-electron chi connectivity index (χ3n) is 4.66. The number of sulfonamides is 1. The van der Waals surface area contributed by atoms with E-state index < -0.39 is 16.0 Å². The number of rotatable bonds is 4. The Labute approximate surface area is 151 Å². The maximum absolute atomic E-state index is 12.9. The first-order valence-electron chi connectivity index (χ1n) is 8.33. The Morgan fingerprint density at radius 3 is 2.96 bits per heavy atom. The van der Waals surface area contributed by atoms with Crippen LogP contribution in [0.5, 0.6) is 5.75 Å². The van der Waals surface area contributed by atoms with Crippen molar-refractivity contribution in [3.63, 3.8) is 0 Å². The number of carbonyl (C=O) groups is 1. The maximum Gasteiger partial charge on any atom is 0.338 e. The minimum atomic E-state index is -3.69. The summed E-state index contributed by atoms with van der Waals surface area (Å²) in [6.45, 7) is 2.67. The minimum Gasteiger partial charge on any atom is -0.487 e. The molecule has 0 unspecified atom stereocenters. The van der Waals surface area contributed by atoms with Gasteiger partial charge in [0.25, 0.3) is 0 Å². The lowest BCUT2D eigenvalue weighted by Crippen LogP contribution is -2.31. The molecule has 2 aliphatic heterocycles. The van der Waals surface area contributed by atoms with E-state index in [0.29, 0.717) is 29.8 Å². The summed E-state index contributed by atoms with van der Waals surface area (Å²) in [6, 6.07) is 8.17. The highest BCUT2D eigenvalue weighted by molar-refractivity contribution is 7.89. The summed E-state index contributed by atoms with van der Waals surface area (Å²) in [7, 11) is -3.69. The van der Waals surface area contributed by atoms with Crippen molar-refractivity contribution in [3.05, 3.63) is 53.3 Å². The zero-order chi connectivity index (χ0) is 18.3. The molecule has 1 saturated heterocycles. The number of hydrogen-bond donors (Lipinski definition) is 0. The van der Waals surface area contributed by atoms with Crippen LogP contribution in [0.1, 0.15) is 28.0 Å². The molecule has 8 heteroatoms. The largest absolute Gasteiger partial charge is 0.487 e. The lowest BCUT2D eigenvalue weighted by molar-refractivity contribution is 0.0535. The molecule has 2 aliphatic rings. The molecule has 136 valence electrons. The molecule has 7 nitrogen and oxygen atoms in total. The van der Waals surface area contributed by atoms with E-state index in [4.69, 9.17) is 9.47 Å². The molecule has 0 aliphatic carbocycles. The van der Waals surface area contributed by atoms with Crippen LogP contribution in [0.3, 0.4) is 0 Å². The highest BCUT2D eigenvalue weighted by Crippen LogP contribution is 2.28. The molecule has 3 heterocycles. The molecule has 0 saturated carbocycles. The third kappa shape index (κ3) is 2.95. The molecule has 0 spiro atoms. The van der Waals surface area contributed by atoms with Crippen molar-refractivity contribution in [1.82, 2.24) is 9.29 Å². The summed E-state index contributed by atoms with van der Waals surface area (Å²) in [6.07, 6.45) is 2.06. The number of pyridine rings is 1. The van der Waals surface area contributed by atoms with Gasteiger partial charge in [0.2, 0.25) is 10.0 Å². The normalized spacial score (nSPS) is 20.0. The average Bonchev–Trinajstić information content (AvgIpc) is 3.24. The van der Waals surface area contributed by atoms with E-state index in [1.165, 1.54) is 16.4 Å². The van der Waals surface area contributed by atoms with Crippen molar-refractivity contribution in [3.8, 4) is 5.75 Å². The molecule has 0 N–H and O–H groups in total. The molecule has 1 aromatic carbocycles. The number of carbonyl (C=O) groups excluding carboxylic acids is 1. The van der Waals surface area contributed by atoms with Gasteiger partial charge in [-0.05, 0) is 37.6 Å². The molecule has 4 rings (SSSR count). The second kappa shape index (κ2) is 6.37. The summed E-state index contributed by atoms with van der Waals surface area (Å²) in [5, 5.41) is 0.